The summed E-state index contributed by atoms with van der Waals surface area (Å²) in [7, 11) is 1.77. The van der Waals surface area contributed by atoms with Gasteiger partial charge in [0.2, 0.25) is 5.95 Å². The number of aryl methyl sites for hydroxylation is 1. The molecular formula is C26H31N7O3. The number of rotatable bonds is 5. The number of hydrogen-bond donors (Lipinski definition) is 2. The maximum absolute atomic E-state index is 12.9. The maximum atomic E-state index is 12.9. The third kappa shape index (κ3) is 3.66. The SMILES string of the molecule is Cn1c(=O)n(C2CCCC2)c2nc(NC3CCC4(CC3)C(=O)NC(=O)N4Cc3ccccc3)ncc21. The second-order valence-corrected chi connectivity index (χ2v) is 10.3. The Bertz CT molecular complexity index is 1370. The van der Waals surface area contributed by atoms with Gasteiger partial charge in [-0.15, -0.1) is 0 Å². The standard InChI is InChI=1S/C26H31N7O3/c1-31-20-15-27-23(29-21(20)33(25(31)36)19-9-5-6-10-19)28-18-11-13-26(14-12-18)22(34)30-24(35)32(26)16-17-7-3-2-4-8-17/h2-4,7-8,15,18-19H,5-6,9-14,16H2,1H3,(H,27,28,29)(H,30,34,35). The Morgan fingerprint density at radius 3 is 2.50 bits per heavy atom. The van der Waals surface area contributed by atoms with Crippen molar-refractivity contribution in [1.29, 1.82) is 0 Å². The number of carbonyl (C=O) groups excluding carboxylic acids is 2. The molecular weight excluding hydrogens is 458 g/mol. The van der Waals surface area contributed by atoms with Crippen molar-refractivity contribution in [2.45, 2.75) is 75.5 Å². The lowest BCUT2D eigenvalue weighted by Gasteiger charge is -2.41. The Kier molecular flexibility index (Phi) is 5.54. The molecule has 3 heterocycles. The molecule has 10 heteroatoms. The summed E-state index contributed by atoms with van der Waals surface area (Å²) >= 11 is 0. The molecule has 3 aliphatic rings. The minimum atomic E-state index is -0.821. The molecule has 1 aliphatic heterocycles. The van der Waals surface area contributed by atoms with E-state index in [9.17, 15) is 14.4 Å². The van der Waals surface area contributed by atoms with Crippen LogP contribution in [0.25, 0.3) is 11.2 Å². The number of fused-ring (bicyclic) bond motifs is 1. The lowest BCUT2D eigenvalue weighted by molar-refractivity contribution is -0.128. The van der Waals surface area contributed by atoms with Crippen LogP contribution in [0.5, 0.6) is 0 Å². The molecule has 1 spiro atoms. The fourth-order valence-corrected chi connectivity index (χ4v) is 6.20. The number of carbonyl (C=O) groups is 2. The molecule has 10 nitrogen and oxygen atoms in total. The quantitative estimate of drug-likeness (QED) is 0.533. The summed E-state index contributed by atoms with van der Waals surface area (Å²) in [6, 6.07) is 9.70. The van der Waals surface area contributed by atoms with Crippen molar-refractivity contribution in [3.8, 4) is 0 Å². The first kappa shape index (κ1) is 22.8. The summed E-state index contributed by atoms with van der Waals surface area (Å²) in [6.45, 7) is 0.406. The maximum Gasteiger partial charge on any atom is 0.330 e. The predicted octanol–water partition coefficient (Wildman–Crippen LogP) is 3.09. The van der Waals surface area contributed by atoms with Crippen LogP contribution in [0, 0.1) is 0 Å². The first-order chi connectivity index (χ1) is 17.5. The monoisotopic (exact) mass is 489 g/mol. The highest BCUT2D eigenvalue weighted by atomic mass is 16.2. The van der Waals surface area contributed by atoms with Crippen molar-refractivity contribution < 1.29 is 9.59 Å². The van der Waals surface area contributed by atoms with E-state index in [0.29, 0.717) is 43.8 Å². The number of imide groups is 1. The Morgan fingerprint density at radius 2 is 1.78 bits per heavy atom. The van der Waals surface area contributed by atoms with Gasteiger partial charge in [0, 0.05) is 25.7 Å². The molecule has 2 aromatic heterocycles. The smallest absolute Gasteiger partial charge is 0.330 e. The Hall–Kier alpha value is -3.69. The van der Waals surface area contributed by atoms with Crippen molar-refractivity contribution in [2.75, 3.05) is 5.32 Å². The second-order valence-electron chi connectivity index (χ2n) is 10.3. The highest BCUT2D eigenvalue weighted by molar-refractivity contribution is 6.07. The van der Waals surface area contributed by atoms with Crippen molar-refractivity contribution in [3.05, 3.63) is 52.6 Å². The first-order valence-corrected chi connectivity index (χ1v) is 12.8. The van der Waals surface area contributed by atoms with Crippen molar-refractivity contribution in [1.82, 2.24) is 29.3 Å². The molecule has 188 valence electrons. The molecule has 36 heavy (non-hydrogen) atoms. The molecule has 0 radical (unpaired) electrons. The van der Waals surface area contributed by atoms with Gasteiger partial charge in [-0.2, -0.15) is 4.98 Å². The normalized spacial score (nSPS) is 24.7. The topological polar surface area (TPSA) is 114 Å². The Labute approximate surface area is 208 Å². The van der Waals surface area contributed by atoms with Crippen LogP contribution in [-0.4, -0.2) is 47.5 Å². The highest BCUT2D eigenvalue weighted by Crippen LogP contribution is 2.39. The second kappa shape index (κ2) is 8.76. The fraction of sp³-hybridized carbons (Fsp3) is 0.500. The van der Waals surface area contributed by atoms with E-state index >= 15 is 0 Å². The van der Waals surface area contributed by atoms with E-state index in [1.54, 1.807) is 22.7 Å². The summed E-state index contributed by atoms with van der Waals surface area (Å²) in [6.07, 6.45) is 8.51. The van der Waals surface area contributed by atoms with Crippen LogP contribution in [0.2, 0.25) is 0 Å². The van der Waals surface area contributed by atoms with Gasteiger partial charge in [0.05, 0.1) is 6.20 Å². The molecule has 3 fully saturated rings. The van der Waals surface area contributed by atoms with Crippen LogP contribution in [0.15, 0.2) is 41.3 Å². The van der Waals surface area contributed by atoms with Gasteiger partial charge in [-0.05, 0) is 44.1 Å². The highest BCUT2D eigenvalue weighted by Gasteiger charge is 2.54. The molecule has 3 amide bonds. The zero-order chi connectivity index (χ0) is 24.9. The average Bonchev–Trinajstić information content (AvgIpc) is 3.55. The number of urea groups is 1. The lowest BCUT2D eigenvalue weighted by atomic mass is 9.78. The van der Waals surface area contributed by atoms with Gasteiger partial charge in [0.1, 0.15) is 11.1 Å². The molecule has 0 unspecified atom stereocenters. The number of amides is 3. The number of nitrogens with one attached hydrogen (secondary N) is 2. The van der Waals surface area contributed by atoms with Gasteiger partial charge < -0.3 is 10.2 Å². The summed E-state index contributed by atoms with van der Waals surface area (Å²) < 4.78 is 3.46. The molecule has 6 rings (SSSR count). The van der Waals surface area contributed by atoms with Gasteiger partial charge in [-0.3, -0.25) is 19.2 Å². The average molecular weight is 490 g/mol. The van der Waals surface area contributed by atoms with E-state index in [-0.39, 0.29) is 29.7 Å². The van der Waals surface area contributed by atoms with E-state index < -0.39 is 5.54 Å². The predicted molar refractivity (Wildman–Crippen MR) is 134 cm³/mol. The Balaban J connectivity index is 1.20. The van der Waals surface area contributed by atoms with Crippen molar-refractivity contribution in [2.24, 2.45) is 7.05 Å². The van der Waals surface area contributed by atoms with E-state index in [1.807, 2.05) is 34.9 Å². The number of hydrogen-bond acceptors (Lipinski definition) is 6. The number of imidazole rings is 1. The van der Waals surface area contributed by atoms with Crippen LogP contribution >= 0.6 is 0 Å². The number of nitrogens with zero attached hydrogens (tertiary/aromatic N) is 5. The molecule has 0 atom stereocenters. The van der Waals surface area contributed by atoms with E-state index in [0.717, 1.165) is 36.8 Å². The molecule has 1 aromatic carbocycles. The van der Waals surface area contributed by atoms with E-state index in [1.165, 1.54) is 0 Å². The molecule has 3 aromatic rings. The largest absolute Gasteiger partial charge is 0.351 e. The zero-order valence-corrected chi connectivity index (χ0v) is 20.4. The van der Waals surface area contributed by atoms with Crippen LogP contribution < -0.4 is 16.3 Å². The molecule has 2 saturated carbocycles. The molecule has 0 bridgehead atoms. The first-order valence-electron chi connectivity index (χ1n) is 12.8. The number of anilines is 1. The van der Waals surface area contributed by atoms with E-state index in [4.69, 9.17) is 4.98 Å². The van der Waals surface area contributed by atoms with Crippen LogP contribution in [0.1, 0.15) is 63.0 Å². The summed E-state index contributed by atoms with van der Waals surface area (Å²) in [4.78, 5) is 49.4. The van der Waals surface area contributed by atoms with Crippen LogP contribution in [0.4, 0.5) is 10.7 Å². The van der Waals surface area contributed by atoms with Gasteiger partial charge in [0.25, 0.3) is 5.91 Å². The van der Waals surface area contributed by atoms with Crippen LogP contribution in [0.3, 0.4) is 0 Å². The Morgan fingerprint density at radius 1 is 1.06 bits per heavy atom. The van der Waals surface area contributed by atoms with Crippen molar-refractivity contribution >= 4 is 29.1 Å². The summed E-state index contributed by atoms with van der Waals surface area (Å²) in [5.41, 5.74) is 1.54. The van der Waals surface area contributed by atoms with Crippen molar-refractivity contribution in [3.63, 3.8) is 0 Å². The minimum Gasteiger partial charge on any atom is -0.351 e. The fourth-order valence-electron chi connectivity index (χ4n) is 6.20. The lowest BCUT2D eigenvalue weighted by Crippen LogP contribution is -2.53. The van der Waals surface area contributed by atoms with E-state index in [2.05, 4.69) is 15.6 Å². The summed E-state index contributed by atoms with van der Waals surface area (Å²) in [5, 5.41) is 5.98. The number of benzene rings is 1. The minimum absolute atomic E-state index is 0.0432. The van der Waals surface area contributed by atoms with Gasteiger partial charge >= 0.3 is 11.7 Å². The molecule has 1 saturated heterocycles. The van der Waals surface area contributed by atoms with Gasteiger partial charge in [0.15, 0.2) is 5.65 Å². The third-order valence-electron chi connectivity index (χ3n) is 8.26. The summed E-state index contributed by atoms with van der Waals surface area (Å²) in [5.74, 6) is 0.290. The molecule has 2 aliphatic carbocycles. The van der Waals surface area contributed by atoms with Gasteiger partial charge in [-0.25, -0.2) is 14.6 Å². The zero-order valence-electron chi connectivity index (χ0n) is 20.4. The number of aromatic nitrogens is 4. The molecule has 2 N–H and O–H groups in total. The third-order valence-corrected chi connectivity index (χ3v) is 8.26. The van der Waals surface area contributed by atoms with Crippen LogP contribution in [-0.2, 0) is 18.4 Å². The van der Waals surface area contributed by atoms with Gasteiger partial charge in [-0.1, -0.05) is 43.2 Å².